The van der Waals surface area contributed by atoms with Crippen molar-refractivity contribution >= 4 is 32.3 Å². The molecule has 0 aromatic heterocycles. The molecule has 0 saturated heterocycles. The topological polar surface area (TPSA) is 35.5 Å². The number of rotatable bonds is 7. The maximum absolute atomic E-state index is 14.8. The molecule has 0 spiro atoms. The van der Waals surface area contributed by atoms with Gasteiger partial charge in [-0.05, 0) is 39.0 Å². The zero-order valence-corrected chi connectivity index (χ0v) is 14.0. The monoisotopic (exact) mass is 380 g/mol. The molecule has 2 atom stereocenters. The molecule has 0 amide bonds. The Bertz CT molecular complexity index is 688. The van der Waals surface area contributed by atoms with Gasteiger partial charge in [-0.3, -0.25) is 0 Å². The molecule has 0 bridgehead atoms. The second-order valence-electron chi connectivity index (χ2n) is 4.65. The van der Waals surface area contributed by atoms with Gasteiger partial charge in [-0.15, -0.1) is 4.94 Å². The summed E-state index contributed by atoms with van der Waals surface area (Å²) >= 11 is 5.79. The van der Waals surface area contributed by atoms with Crippen molar-refractivity contribution in [3.63, 3.8) is 0 Å². The van der Waals surface area contributed by atoms with E-state index in [4.69, 9.17) is 27.0 Å². The summed E-state index contributed by atoms with van der Waals surface area (Å²) in [5.74, 6) is -2.97. The van der Waals surface area contributed by atoms with Crippen molar-refractivity contribution < 1.29 is 22.8 Å². The lowest BCUT2D eigenvalue weighted by atomic mass is 10.1. The van der Waals surface area contributed by atoms with Gasteiger partial charge >= 0.3 is 0 Å². The van der Waals surface area contributed by atoms with Crippen LogP contribution in [0.2, 0.25) is 5.02 Å². The Morgan fingerprint density at radius 1 is 1.17 bits per heavy atom. The van der Waals surface area contributed by atoms with Crippen molar-refractivity contribution in [2.45, 2.75) is 17.4 Å². The second-order valence-corrected chi connectivity index (χ2v) is 6.81. The number of benzene rings is 2. The van der Waals surface area contributed by atoms with Gasteiger partial charge in [0.15, 0.2) is 0 Å². The van der Waals surface area contributed by atoms with Crippen molar-refractivity contribution in [3.8, 4) is 0 Å². The zero-order valence-electron chi connectivity index (χ0n) is 11.7. The molecule has 0 N–H and O–H groups in total. The normalized spacial score (nSPS) is 15.1. The van der Waals surface area contributed by atoms with Crippen LogP contribution in [0, 0.1) is 0 Å². The molecule has 23 heavy (non-hydrogen) atoms. The molecule has 0 radical (unpaired) electrons. The third-order valence-corrected chi connectivity index (χ3v) is 4.47. The summed E-state index contributed by atoms with van der Waals surface area (Å²) in [6.07, 6.45) is 0. The quantitative estimate of drug-likeness (QED) is 0.644. The van der Waals surface area contributed by atoms with Crippen LogP contribution in [0.4, 0.5) is 8.92 Å². The lowest BCUT2D eigenvalue weighted by Crippen LogP contribution is -2.29. The minimum Gasteiger partial charge on any atom is -0.370 e. The van der Waals surface area contributed by atoms with E-state index < -0.39 is 22.5 Å². The molecular weight excluding hydrogens is 369 g/mol. The maximum Gasteiger partial charge on any atom is 0.295 e. The number of ether oxygens (including phenoxy) is 1. The highest BCUT2D eigenvalue weighted by Gasteiger charge is 2.39. The molecule has 8 heteroatoms. The summed E-state index contributed by atoms with van der Waals surface area (Å²) in [6, 6.07) is 12.7. The molecule has 0 fully saturated rings. The highest BCUT2D eigenvalue weighted by Crippen LogP contribution is 2.35. The van der Waals surface area contributed by atoms with E-state index in [2.05, 4.69) is 4.94 Å². The van der Waals surface area contributed by atoms with E-state index in [-0.39, 0.29) is 22.1 Å². The highest BCUT2D eigenvalue weighted by atomic mass is 35.7. The summed E-state index contributed by atoms with van der Waals surface area (Å²) in [7, 11) is 3.43. The van der Waals surface area contributed by atoms with Crippen molar-refractivity contribution in [3.05, 3.63) is 64.7 Å². The first-order chi connectivity index (χ1) is 11.0. The van der Waals surface area contributed by atoms with Crippen LogP contribution in [0.1, 0.15) is 11.1 Å². The fourth-order valence-corrected chi connectivity index (χ4v) is 3.08. The Hall–Kier alpha value is -1.05. The molecule has 2 aromatic rings. The number of hydrogen-bond donors (Lipinski definition) is 0. The van der Waals surface area contributed by atoms with E-state index in [0.717, 1.165) is 11.6 Å². The van der Waals surface area contributed by atoms with Crippen LogP contribution in [-0.2, 0) is 32.2 Å². The average molecular weight is 381 g/mol. The minimum absolute atomic E-state index is 0.0513. The van der Waals surface area contributed by atoms with E-state index in [1.54, 1.807) is 24.3 Å². The van der Waals surface area contributed by atoms with Crippen molar-refractivity contribution in [1.29, 1.82) is 0 Å². The third kappa shape index (κ3) is 4.71. The van der Waals surface area contributed by atoms with Gasteiger partial charge in [0.2, 0.25) is 0 Å². The molecule has 0 aliphatic rings. The molecule has 3 nitrogen and oxygen atoms in total. The minimum atomic E-state index is -2.97. The standard InChI is InChI=1S/C15H12Cl2F2O3S/c16-12-6-7-14(23(17)20)13(8-12)15(18,22-19)10-21-9-11-4-2-1-3-5-11/h1-8H,9-10H2. The third-order valence-electron chi connectivity index (χ3n) is 3.04. The first-order valence-corrected chi connectivity index (χ1v) is 8.80. The van der Waals surface area contributed by atoms with Gasteiger partial charge in [0.25, 0.3) is 5.85 Å². The summed E-state index contributed by atoms with van der Waals surface area (Å²) in [4.78, 5) is 3.32. The summed E-state index contributed by atoms with van der Waals surface area (Å²) in [5, 5.41) is 0.119. The molecule has 0 heterocycles. The Morgan fingerprint density at radius 2 is 1.87 bits per heavy atom. The predicted molar refractivity (Wildman–Crippen MR) is 84.8 cm³/mol. The van der Waals surface area contributed by atoms with Crippen LogP contribution in [0.25, 0.3) is 0 Å². The fourth-order valence-electron chi connectivity index (χ4n) is 1.95. The van der Waals surface area contributed by atoms with E-state index in [0.29, 0.717) is 0 Å². The van der Waals surface area contributed by atoms with Crippen molar-refractivity contribution in [2.75, 3.05) is 6.61 Å². The molecule has 124 valence electrons. The largest absolute Gasteiger partial charge is 0.370 e. The van der Waals surface area contributed by atoms with Gasteiger partial charge in [0.05, 0.1) is 11.5 Å². The summed E-state index contributed by atoms with van der Waals surface area (Å²) < 4.78 is 44.3. The Labute approximate surface area is 144 Å². The summed E-state index contributed by atoms with van der Waals surface area (Å²) in [6.45, 7) is -0.713. The highest BCUT2D eigenvalue weighted by molar-refractivity contribution is 8.08. The maximum atomic E-state index is 14.8. The Kier molecular flexibility index (Phi) is 6.50. The molecule has 0 aliphatic carbocycles. The van der Waals surface area contributed by atoms with Crippen LogP contribution in [0.3, 0.4) is 0 Å². The molecule has 0 saturated carbocycles. The lowest BCUT2D eigenvalue weighted by Gasteiger charge is -2.22. The first kappa shape index (κ1) is 18.3. The molecule has 2 unspecified atom stereocenters. The van der Waals surface area contributed by atoms with Crippen molar-refractivity contribution in [2.24, 2.45) is 0 Å². The number of halogens is 4. The fraction of sp³-hybridized carbons (Fsp3) is 0.200. The Balaban J connectivity index is 2.19. The van der Waals surface area contributed by atoms with Gasteiger partial charge in [-0.2, -0.15) is 0 Å². The van der Waals surface area contributed by atoms with E-state index in [1.165, 1.54) is 12.1 Å². The average Bonchev–Trinajstić information content (AvgIpc) is 2.55. The van der Waals surface area contributed by atoms with Crippen LogP contribution in [0.5, 0.6) is 0 Å². The van der Waals surface area contributed by atoms with Crippen LogP contribution < -0.4 is 0 Å². The van der Waals surface area contributed by atoms with Gasteiger partial charge in [-0.1, -0.05) is 41.9 Å². The zero-order chi connectivity index (χ0) is 16.9. The van der Waals surface area contributed by atoms with E-state index in [1.807, 2.05) is 6.07 Å². The van der Waals surface area contributed by atoms with E-state index in [9.17, 15) is 13.1 Å². The van der Waals surface area contributed by atoms with Gasteiger partial charge in [-0.25, -0.2) is 8.60 Å². The van der Waals surface area contributed by atoms with Gasteiger partial charge in [0.1, 0.15) is 16.6 Å². The first-order valence-electron chi connectivity index (χ1n) is 6.44. The number of hydrogen-bond acceptors (Lipinski definition) is 3. The second kappa shape index (κ2) is 8.17. The lowest BCUT2D eigenvalue weighted by molar-refractivity contribution is -0.319. The van der Waals surface area contributed by atoms with Gasteiger partial charge in [0, 0.05) is 10.6 Å². The summed E-state index contributed by atoms with van der Waals surface area (Å²) in [5.41, 5.74) is 0.398. The SMILES string of the molecule is O=S(Cl)c1ccc(Cl)cc1C(F)(COCc1ccccc1)OF. The Morgan fingerprint density at radius 3 is 2.48 bits per heavy atom. The van der Waals surface area contributed by atoms with E-state index >= 15 is 0 Å². The van der Waals surface area contributed by atoms with Crippen molar-refractivity contribution in [1.82, 2.24) is 0 Å². The van der Waals surface area contributed by atoms with Crippen LogP contribution in [0.15, 0.2) is 53.4 Å². The molecule has 0 aliphatic heterocycles. The van der Waals surface area contributed by atoms with Gasteiger partial charge < -0.3 is 4.74 Å². The smallest absolute Gasteiger partial charge is 0.295 e. The molecular formula is C15H12Cl2F2O3S. The van der Waals surface area contributed by atoms with Crippen LogP contribution in [-0.4, -0.2) is 10.8 Å². The molecule has 2 aromatic carbocycles. The van der Waals surface area contributed by atoms with Crippen LogP contribution >= 0.6 is 22.3 Å². The predicted octanol–water partition coefficient (Wildman–Crippen LogP) is 4.84. The number of alkyl halides is 1. The molecule has 2 rings (SSSR count).